The minimum absolute atomic E-state index is 0.744. The number of pyridine rings is 1. The fraction of sp³-hybridized carbons (Fsp3) is 0.500. The van der Waals surface area contributed by atoms with Crippen molar-refractivity contribution in [3.8, 4) is 5.75 Å². The molecule has 2 aromatic rings. The highest BCUT2D eigenvalue weighted by molar-refractivity contribution is 5.76. The van der Waals surface area contributed by atoms with E-state index in [2.05, 4.69) is 28.7 Å². The Labute approximate surface area is 108 Å². The van der Waals surface area contributed by atoms with E-state index in [9.17, 15) is 0 Å². The average molecular weight is 247 g/mol. The van der Waals surface area contributed by atoms with E-state index in [1.165, 1.54) is 0 Å². The van der Waals surface area contributed by atoms with Crippen molar-refractivity contribution in [2.75, 3.05) is 26.2 Å². The summed E-state index contributed by atoms with van der Waals surface area (Å²) in [7, 11) is 0. The number of nitrogens with zero attached hydrogens (tertiary/aromatic N) is 2. The number of nitrogens with one attached hydrogen (secondary N) is 1. The maximum absolute atomic E-state index is 5.72. The van der Waals surface area contributed by atoms with Crippen molar-refractivity contribution < 1.29 is 4.74 Å². The second-order valence-corrected chi connectivity index (χ2v) is 4.32. The van der Waals surface area contributed by atoms with Gasteiger partial charge in [-0.2, -0.15) is 0 Å². The minimum atomic E-state index is 0.744. The van der Waals surface area contributed by atoms with E-state index in [1.54, 1.807) is 6.20 Å². The highest BCUT2D eigenvalue weighted by Crippen LogP contribution is 2.16. The van der Waals surface area contributed by atoms with Gasteiger partial charge in [0, 0.05) is 18.1 Å². The molecule has 0 aliphatic rings. The lowest BCUT2D eigenvalue weighted by Crippen LogP contribution is -2.25. The number of ether oxygens (including phenoxy) is 1. The van der Waals surface area contributed by atoms with Crippen LogP contribution >= 0.6 is 0 Å². The van der Waals surface area contributed by atoms with Gasteiger partial charge in [0.1, 0.15) is 11.4 Å². The van der Waals surface area contributed by atoms with Crippen LogP contribution in [0, 0.1) is 0 Å². The zero-order chi connectivity index (χ0) is 12.8. The van der Waals surface area contributed by atoms with Crippen LogP contribution in [0.25, 0.3) is 11.0 Å². The average Bonchev–Trinajstić information content (AvgIpc) is 2.86. The van der Waals surface area contributed by atoms with Gasteiger partial charge >= 0.3 is 0 Å². The van der Waals surface area contributed by atoms with E-state index in [4.69, 9.17) is 4.74 Å². The third-order valence-electron chi connectivity index (χ3n) is 3.16. The van der Waals surface area contributed by atoms with Crippen LogP contribution in [0.4, 0.5) is 0 Å². The zero-order valence-electron chi connectivity index (χ0n) is 11.1. The molecule has 18 heavy (non-hydrogen) atoms. The zero-order valence-corrected chi connectivity index (χ0v) is 11.1. The molecule has 0 aliphatic carbocycles. The molecule has 0 amide bonds. The van der Waals surface area contributed by atoms with Gasteiger partial charge in [-0.3, -0.25) is 0 Å². The summed E-state index contributed by atoms with van der Waals surface area (Å²) in [5, 5.41) is 1.09. The summed E-state index contributed by atoms with van der Waals surface area (Å²) in [6.45, 7) is 8.42. The standard InChI is InChI=1S/C14H21N3O/c1-3-17(4-2)8-5-9-18-13-10-12-6-7-15-14(12)16-11-13/h6-7,10-11H,3-5,8-9H2,1-2H3,(H,15,16). The largest absolute Gasteiger partial charge is 0.492 e. The van der Waals surface area contributed by atoms with E-state index in [0.29, 0.717) is 0 Å². The van der Waals surface area contributed by atoms with Gasteiger partial charge in [-0.15, -0.1) is 0 Å². The van der Waals surface area contributed by atoms with Crippen LogP contribution in [-0.4, -0.2) is 41.1 Å². The summed E-state index contributed by atoms with van der Waals surface area (Å²) in [6, 6.07) is 4.03. The molecule has 98 valence electrons. The van der Waals surface area contributed by atoms with Crippen molar-refractivity contribution in [3.05, 3.63) is 24.5 Å². The number of hydrogen-bond donors (Lipinski definition) is 1. The highest BCUT2D eigenvalue weighted by Gasteiger charge is 2.01. The number of aromatic nitrogens is 2. The lowest BCUT2D eigenvalue weighted by molar-refractivity contribution is 0.249. The fourth-order valence-electron chi connectivity index (χ4n) is 2.02. The Bertz CT molecular complexity index is 477. The van der Waals surface area contributed by atoms with Gasteiger partial charge in [0.2, 0.25) is 0 Å². The maximum atomic E-state index is 5.72. The van der Waals surface area contributed by atoms with Gasteiger partial charge in [-0.05, 0) is 31.6 Å². The van der Waals surface area contributed by atoms with Crippen molar-refractivity contribution in [1.29, 1.82) is 0 Å². The molecule has 0 saturated heterocycles. The molecule has 2 rings (SSSR count). The summed E-state index contributed by atoms with van der Waals surface area (Å²) in [5.74, 6) is 0.849. The molecule has 4 heteroatoms. The Morgan fingerprint density at radius 1 is 1.33 bits per heavy atom. The molecule has 0 aromatic carbocycles. The lowest BCUT2D eigenvalue weighted by atomic mass is 10.3. The molecule has 2 heterocycles. The first-order chi connectivity index (χ1) is 8.83. The monoisotopic (exact) mass is 247 g/mol. The summed E-state index contributed by atoms with van der Waals surface area (Å²) in [6.07, 6.45) is 4.71. The van der Waals surface area contributed by atoms with E-state index >= 15 is 0 Å². The number of aromatic amines is 1. The van der Waals surface area contributed by atoms with E-state index in [-0.39, 0.29) is 0 Å². The Hall–Kier alpha value is -1.55. The number of rotatable bonds is 7. The Kier molecular flexibility index (Phi) is 4.59. The highest BCUT2D eigenvalue weighted by atomic mass is 16.5. The normalized spacial score (nSPS) is 11.3. The Balaban J connectivity index is 1.79. The molecule has 0 aliphatic heterocycles. The van der Waals surface area contributed by atoms with Crippen LogP contribution in [0.5, 0.6) is 5.75 Å². The summed E-state index contributed by atoms with van der Waals surface area (Å²) in [5.41, 5.74) is 0.908. The quantitative estimate of drug-likeness (QED) is 0.765. The molecule has 0 atom stereocenters. The van der Waals surface area contributed by atoms with E-state index in [1.807, 2.05) is 18.3 Å². The van der Waals surface area contributed by atoms with Crippen LogP contribution in [0.1, 0.15) is 20.3 Å². The van der Waals surface area contributed by atoms with Gasteiger partial charge in [0.05, 0.1) is 12.8 Å². The molecular weight excluding hydrogens is 226 g/mol. The van der Waals surface area contributed by atoms with Crippen molar-refractivity contribution >= 4 is 11.0 Å². The van der Waals surface area contributed by atoms with Gasteiger partial charge in [-0.1, -0.05) is 13.8 Å². The number of hydrogen-bond acceptors (Lipinski definition) is 3. The van der Waals surface area contributed by atoms with Crippen LogP contribution in [0.15, 0.2) is 24.5 Å². The topological polar surface area (TPSA) is 41.1 Å². The number of fused-ring (bicyclic) bond motifs is 1. The molecule has 0 fully saturated rings. The van der Waals surface area contributed by atoms with Gasteiger partial charge in [0.15, 0.2) is 0 Å². The summed E-state index contributed by atoms with van der Waals surface area (Å²) >= 11 is 0. The first-order valence-electron chi connectivity index (χ1n) is 6.61. The minimum Gasteiger partial charge on any atom is -0.492 e. The second-order valence-electron chi connectivity index (χ2n) is 4.32. The maximum Gasteiger partial charge on any atom is 0.138 e. The fourth-order valence-corrected chi connectivity index (χ4v) is 2.02. The third kappa shape index (κ3) is 3.23. The van der Waals surface area contributed by atoms with Crippen molar-refractivity contribution in [2.45, 2.75) is 20.3 Å². The molecule has 0 spiro atoms. The third-order valence-corrected chi connectivity index (χ3v) is 3.16. The van der Waals surface area contributed by atoms with Gasteiger partial charge < -0.3 is 14.6 Å². The van der Waals surface area contributed by atoms with Crippen LogP contribution in [0.2, 0.25) is 0 Å². The van der Waals surface area contributed by atoms with Gasteiger partial charge in [-0.25, -0.2) is 4.98 Å². The molecule has 0 unspecified atom stereocenters. The van der Waals surface area contributed by atoms with Crippen molar-refractivity contribution in [1.82, 2.24) is 14.9 Å². The van der Waals surface area contributed by atoms with Crippen LogP contribution in [0.3, 0.4) is 0 Å². The molecule has 0 saturated carbocycles. The number of H-pyrrole nitrogens is 1. The molecule has 1 N–H and O–H groups in total. The Morgan fingerprint density at radius 2 is 2.17 bits per heavy atom. The lowest BCUT2D eigenvalue weighted by Gasteiger charge is -2.17. The predicted octanol–water partition coefficient (Wildman–Crippen LogP) is 2.67. The summed E-state index contributed by atoms with van der Waals surface area (Å²) in [4.78, 5) is 9.77. The Morgan fingerprint density at radius 3 is 2.94 bits per heavy atom. The van der Waals surface area contributed by atoms with Crippen LogP contribution in [-0.2, 0) is 0 Å². The van der Waals surface area contributed by atoms with Crippen molar-refractivity contribution in [2.24, 2.45) is 0 Å². The van der Waals surface area contributed by atoms with Gasteiger partial charge in [0.25, 0.3) is 0 Å². The molecule has 0 radical (unpaired) electrons. The molecule has 0 bridgehead atoms. The van der Waals surface area contributed by atoms with E-state index in [0.717, 1.165) is 49.4 Å². The van der Waals surface area contributed by atoms with Crippen LogP contribution < -0.4 is 4.74 Å². The first-order valence-corrected chi connectivity index (χ1v) is 6.61. The molecule has 2 aromatic heterocycles. The van der Waals surface area contributed by atoms with E-state index < -0.39 is 0 Å². The second kappa shape index (κ2) is 6.40. The van der Waals surface area contributed by atoms with Crippen molar-refractivity contribution in [3.63, 3.8) is 0 Å². The predicted molar refractivity (Wildman–Crippen MR) is 74.0 cm³/mol. The molecular formula is C14H21N3O. The SMILES string of the molecule is CCN(CC)CCCOc1cnc2[nH]ccc2c1. The molecule has 4 nitrogen and oxygen atoms in total. The first kappa shape index (κ1) is 12.9. The summed E-state index contributed by atoms with van der Waals surface area (Å²) < 4.78 is 5.72. The smallest absolute Gasteiger partial charge is 0.138 e.